The molecule has 302 valence electrons. The van der Waals surface area contributed by atoms with Gasteiger partial charge in [0.2, 0.25) is 11.9 Å². The number of halogens is 7. The van der Waals surface area contributed by atoms with Crippen molar-refractivity contribution >= 4 is 58.6 Å². The van der Waals surface area contributed by atoms with Crippen molar-refractivity contribution in [3.05, 3.63) is 88.9 Å². The van der Waals surface area contributed by atoms with Crippen LogP contribution in [-0.4, -0.2) is 77.5 Å². The summed E-state index contributed by atoms with van der Waals surface area (Å²) in [4.78, 5) is 62.3. The minimum atomic E-state index is -4.91. The summed E-state index contributed by atoms with van der Waals surface area (Å²) in [6, 6.07) is 14.8. The maximum atomic E-state index is 13.1. The first-order valence-electron chi connectivity index (χ1n) is 16.6. The van der Waals surface area contributed by atoms with Crippen LogP contribution in [0.4, 0.5) is 49.6 Å². The van der Waals surface area contributed by atoms with Crippen molar-refractivity contribution in [1.29, 1.82) is 0 Å². The maximum Gasteiger partial charge on any atom is 0.573 e. The van der Waals surface area contributed by atoms with E-state index in [-0.39, 0.29) is 36.1 Å². The summed E-state index contributed by atoms with van der Waals surface area (Å²) in [5.41, 5.74) is 0.648. The number of rotatable bonds is 15. The predicted molar refractivity (Wildman–Crippen MR) is 190 cm³/mol. The first-order chi connectivity index (χ1) is 26.9. The van der Waals surface area contributed by atoms with Crippen molar-refractivity contribution in [2.45, 2.75) is 43.4 Å². The number of carbonyl (C=O) groups is 4. The minimum Gasteiger partial charge on any atom is -0.467 e. The second-order valence-electron chi connectivity index (χ2n) is 12.2. The molecule has 3 aromatic carbocycles. The molecule has 0 bridgehead atoms. The van der Waals surface area contributed by atoms with Crippen molar-refractivity contribution in [2.24, 2.45) is 0 Å². The Morgan fingerprint density at radius 2 is 1.46 bits per heavy atom. The van der Waals surface area contributed by atoms with E-state index in [2.05, 4.69) is 46.3 Å². The highest BCUT2D eigenvalue weighted by Crippen LogP contribution is 2.48. The fourth-order valence-corrected chi connectivity index (χ4v) is 5.20. The zero-order valence-electron chi connectivity index (χ0n) is 29.4. The Labute approximate surface area is 323 Å². The van der Waals surface area contributed by atoms with Crippen LogP contribution in [0.3, 0.4) is 0 Å². The summed E-state index contributed by atoms with van der Waals surface area (Å²) in [5.74, 6) is -4.68. The highest BCUT2D eigenvalue weighted by molar-refractivity contribution is 6.39. The Morgan fingerprint density at radius 3 is 2.05 bits per heavy atom. The van der Waals surface area contributed by atoms with E-state index in [1.165, 1.54) is 24.3 Å². The third-order valence-electron chi connectivity index (χ3n) is 7.94. The summed E-state index contributed by atoms with van der Waals surface area (Å²) in [6.07, 6.45) is -8.43. The molecule has 0 spiro atoms. The minimum absolute atomic E-state index is 0.00270. The highest BCUT2D eigenvalue weighted by Gasteiger charge is 2.45. The number of ether oxygens (including phenoxy) is 3. The van der Waals surface area contributed by atoms with E-state index in [0.717, 1.165) is 36.9 Å². The van der Waals surface area contributed by atoms with Gasteiger partial charge in [-0.2, -0.15) is 28.1 Å². The number of alkyl halides is 6. The molecule has 1 aliphatic rings. The van der Waals surface area contributed by atoms with E-state index >= 15 is 0 Å². The topological polar surface area (TPSA) is 195 Å². The Kier molecular flexibility index (Phi) is 12.9. The molecular weight excluding hydrogens is 794 g/mol. The summed E-state index contributed by atoms with van der Waals surface area (Å²) in [7, 11) is 1.07. The van der Waals surface area contributed by atoms with Crippen LogP contribution in [0.1, 0.15) is 35.2 Å². The van der Waals surface area contributed by atoms with Crippen molar-refractivity contribution in [1.82, 2.24) is 25.6 Å². The lowest BCUT2D eigenvalue weighted by Gasteiger charge is -2.19. The largest absolute Gasteiger partial charge is 0.573 e. The van der Waals surface area contributed by atoms with Gasteiger partial charge in [-0.15, -0.1) is 13.2 Å². The van der Waals surface area contributed by atoms with Gasteiger partial charge in [-0.05, 0) is 85.5 Å². The number of esters is 1. The van der Waals surface area contributed by atoms with Crippen molar-refractivity contribution < 1.29 is 59.7 Å². The highest BCUT2D eigenvalue weighted by atomic mass is 35.5. The van der Waals surface area contributed by atoms with Gasteiger partial charge in [0, 0.05) is 28.5 Å². The zero-order valence-corrected chi connectivity index (χ0v) is 30.1. The van der Waals surface area contributed by atoms with Gasteiger partial charge in [-0.1, -0.05) is 23.7 Å². The van der Waals surface area contributed by atoms with E-state index in [1.807, 2.05) is 12.1 Å². The molecule has 5 rings (SSSR count). The Bertz CT molecular complexity index is 2070. The number of hydrogen-bond acceptors (Lipinski definition) is 12. The van der Waals surface area contributed by atoms with Gasteiger partial charge >= 0.3 is 36.3 Å². The van der Waals surface area contributed by atoms with E-state index < -0.39 is 66.2 Å². The van der Waals surface area contributed by atoms with Gasteiger partial charge < -0.3 is 40.8 Å². The van der Waals surface area contributed by atoms with Crippen LogP contribution in [-0.2, 0) is 24.7 Å². The number of aromatic nitrogens is 3. The standard InChI is InChI=1S/C35H31ClF6N8O7/c1-55-29(54)25(14-17-43-27(52)28(53)44-22-10-12-24(13-11-22)57-35(40,41)42)46-26(51)19-2-8-23(9-3-19)45-30-47-31(49-32(48-30)56-18-34(37,38)39)50-33(15-16-33)20-4-6-21(36)7-5-20/h2-13,25H,14-18H2,1H3,(H,43,52)(H,44,53)(H,46,51)(H2,45,47,48,49,50)/t25-/m0/s1. The average molecular weight is 825 g/mol. The van der Waals surface area contributed by atoms with E-state index in [0.29, 0.717) is 23.6 Å². The molecule has 1 atom stereocenters. The number of methoxy groups -OCH3 is 1. The second-order valence-corrected chi connectivity index (χ2v) is 12.6. The fraction of sp³-hybridized carbons (Fsp3) is 0.286. The summed E-state index contributed by atoms with van der Waals surface area (Å²) in [5, 5.41) is 13.4. The lowest BCUT2D eigenvalue weighted by molar-refractivity contribution is -0.274. The third kappa shape index (κ3) is 12.6. The number of benzene rings is 3. The van der Waals surface area contributed by atoms with Gasteiger partial charge in [0.05, 0.1) is 12.6 Å². The lowest BCUT2D eigenvalue weighted by atomic mass is 10.1. The normalized spacial score (nSPS) is 13.7. The number of nitrogens with one attached hydrogen (secondary N) is 5. The third-order valence-corrected chi connectivity index (χ3v) is 8.19. The van der Waals surface area contributed by atoms with Crippen molar-refractivity contribution in [2.75, 3.05) is 36.2 Å². The molecule has 0 radical (unpaired) electrons. The smallest absolute Gasteiger partial charge is 0.467 e. The molecule has 0 unspecified atom stereocenters. The molecule has 0 aliphatic heterocycles. The van der Waals surface area contributed by atoms with Gasteiger partial charge in [0.1, 0.15) is 11.8 Å². The molecule has 0 saturated heterocycles. The molecule has 1 heterocycles. The fourth-order valence-electron chi connectivity index (χ4n) is 5.08. The van der Waals surface area contributed by atoms with Crippen LogP contribution in [0, 0.1) is 0 Å². The van der Waals surface area contributed by atoms with E-state index in [9.17, 15) is 45.5 Å². The lowest BCUT2D eigenvalue weighted by Crippen LogP contribution is -2.44. The molecule has 1 aliphatic carbocycles. The first-order valence-corrected chi connectivity index (χ1v) is 17.0. The molecule has 3 amide bonds. The molecular formula is C35H31ClF6N8O7. The van der Waals surface area contributed by atoms with Crippen molar-refractivity contribution in [3.8, 4) is 11.8 Å². The van der Waals surface area contributed by atoms with Crippen LogP contribution in [0.15, 0.2) is 72.8 Å². The molecule has 57 heavy (non-hydrogen) atoms. The number of nitrogens with zero attached hydrogens (tertiary/aromatic N) is 3. The predicted octanol–water partition coefficient (Wildman–Crippen LogP) is 5.63. The van der Waals surface area contributed by atoms with E-state index in [4.69, 9.17) is 21.1 Å². The number of amides is 3. The Hall–Kier alpha value is -6.38. The van der Waals surface area contributed by atoms with Crippen LogP contribution in [0.25, 0.3) is 0 Å². The Balaban J connectivity index is 1.18. The van der Waals surface area contributed by atoms with Crippen LogP contribution in [0.5, 0.6) is 11.8 Å². The molecule has 1 fully saturated rings. The zero-order chi connectivity index (χ0) is 41.4. The van der Waals surface area contributed by atoms with E-state index in [1.54, 1.807) is 12.1 Å². The summed E-state index contributed by atoms with van der Waals surface area (Å²) >= 11 is 6.01. The van der Waals surface area contributed by atoms with Crippen LogP contribution in [0.2, 0.25) is 5.02 Å². The molecule has 1 saturated carbocycles. The maximum absolute atomic E-state index is 13.1. The van der Waals surface area contributed by atoms with Crippen molar-refractivity contribution in [3.63, 3.8) is 0 Å². The SMILES string of the molecule is COC(=O)[C@H](CCNC(=O)C(=O)Nc1ccc(OC(F)(F)F)cc1)NC(=O)c1ccc(Nc2nc(NC3(c4ccc(Cl)cc4)CC3)nc(OCC(F)(F)F)n2)cc1. The first kappa shape index (κ1) is 41.8. The number of hydrogen-bond donors (Lipinski definition) is 5. The number of carbonyl (C=O) groups excluding carboxylic acids is 4. The molecule has 4 aromatic rings. The van der Waals surface area contributed by atoms with Gasteiger partial charge in [-0.3, -0.25) is 14.4 Å². The van der Waals surface area contributed by atoms with Gasteiger partial charge in [0.25, 0.3) is 5.91 Å². The molecule has 5 N–H and O–H groups in total. The number of anilines is 4. The van der Waals surface area contributed by atoms with Crippen LogP contribution < -0.4 is 36.1 Å². The quantitative estimate of drug-likeness (QED) is 0.0565. The molecule has 15 nitrogen and oxygen atoms in total. The molecule has 22 heteroatoms. The monoisotopic (exact) mass is 824 g/mol. The van der Waals surface area contributed by atoms with Gasteiger partial charge in [-0.25, -0.2) is 4.79 Å². The molecule has 1 aromatic heterocycles. The van der Waals surface area contributed by atoms with Gasteiger partial charge in [0.15, 0.2) is 6.61 Å². The van der Waals surface area contributed by atoms with Crippen LogP contribution >= 0.6 is 11.6 Å². The summed E-state index contributed by atoms with van der Waals surface area (Å²) in [6.45, 7) is -1.94. The average Bonchev–Trinajstić information content (AvgIpc) is 3.93. The second kappa shape index (κ2) is 17.6. The summed E-state index contributed by atoms with van der Waals surface area (Å²) < 4.78 is 89.2. The Morgan fingerprint density at radius 1 is 0.825 bits per heavy atom.